The van der Waals surface area contributed by atoms with Gasteiger partial charge in [-0.3, -0.25) is 4.99 Å². The van der Waals surface area contributed by atoms with Gasteiger partial charge in [0, 0.05) is 46.4 Å². The predicted molar refractivity (Wildman–Crippen MR) is 92.1 cm³/mol. The fourth-order valence-corrected chi connectivity index (χ4v) is 4.07. The van der Waals surface area contributed by atoms with Crippen molar-refractivity contribution >= 4 is 16.0 Å². The van der Waals surface area contributed by atoms with Crippen LogP contribution in [0, 0.1) is 5.92 Å². The Morgan fingerprint density at radius 3 is 2.74 bits per heavy atom. The summed E-state index contributed by atoms with van der Waals surface area (Å²) < 4.78 is 30.8. The van der Waals surface area contributed by atoms with Gasteiger partial charge in [-0.15, -0.1) is 0 Å². The van der Waals surface area contributed by atoms with Crippen LogP contribution in [0.25, 0.3) is 0 Å². The fraction of sp³-hybridized carbons (Fsp3) is 0.933. The number of ether oxygens (including phenoxy) is 1. The van der Waals surface area contributed by atoms with Crippen LogP contribution in [0.4, 0.5) is 0 Å². The number of hydrogen-bond donors (Lipinski definition) is 1. The van der Waals surface area contributed by atoms with Crippen molar-refractivity contribution in [1.82, 2.24) is 14.5 Å². The van der Waals surface area contributed by atoms with Gasteiger partial charge in [0.15, 0.2) is 5.96 Å². The molecule has 134 valence electrons. The van der Waals surface area contributed by atoms with E-state index in [1.54, 1.807) is 11.4 Å². The van der Waals surface area contributed by atoms with Crippen LogP contribution in [0.2, 0.25) is 0 Å². The summed E-state index contributed by atoms with van der Waals surface area (Å²) in [5.41, 5.74) is 0. The van der Waals surface area contributed by atoms with Crippen LogP contribution >= 0.6 is 0 Å². The third kappa shape index (κ3) is 5.93. The Bertz CT molecular complexity index is 505. The van der Waals surface area contributed by atoms with Crippen molar-refractivity contribution in [2.75, 3.05) is 53.2 Å². The van der Waals surface area contributed by atoms with Crippen LogP contribution in [-0.2, 0) is 14.8 Å². The lowest BCUT2D eigenvalue weighted by molar-refractivity contribution is 0.115. The lowest BCUT2D eigenvalue weighted by Crippen LogP contribution is -2.47. The van der Waals surface area contributed by atoms with E-state index in [9.17, 15) is 8.42 Å². The van der Waals surface area contributed by atoms with Gasteiger partial charge in [-0.2, -0.15) is 4.31 Å². The second-order valence-electron chi connectivity index (χ2n) is 6.54. The lowest BCUT2D eigenvalue weighted by Gasteiger charge is -2.26. The zero-order valence-electron chi connectivity index (χ0n) is 14.5. The first kappa shape index (κ1) is 18.5. The van der Waals surface area contributed by atoms with Gasteiger partial charge in [0.1, 0.15) is 0 Å². The van der Waals surface area contributed by atoms with Gasteiger partial charge in [-0.25, -0.2) is 8.42 Å². The quantitative estimate of drug-likeness (QED) is 0.390. The van der Waals surface area contributed by atoms with E-state index in [0.717, 1.165) is 37.9 Å². The molecular weight excluding hydrogens is 316 g/mol. The van der Waals surface area contributed by atoms with Crippen molar-refractivity contribution < 1.29 is 13.2 Å². The van der Waals surface area contributed by atoms with Crippen molar-refractivity contribution in [3.05, 3.63) is 0 Å². The Morgan fingerprint density at radius 2 is 2.13 bits per heavy atom. The van der Waals surface area contributed by atoms with Crippen molar-refractivity contribution in [2.24, 2.45) is 10.9 Å². The third-order valence-corrected chi connectivity index (χ3v) is 5.77. The molecule has 0 radical (unpaired) electrons. The van der Waals surface area contributed by atoms with E-state index in [4.69, 9.17) is 4.74 Å². The standard InChI is InChI=1S/C15H30N4O3S/c1-16-15(18(2)9-10-22-12-13-6-7-13)17-11-14-5-4-8-19(14)23(3,20)21/h13-14H,4-12H2,1-3H3,(H,16,17)/t14-/m1/s1. The van der Waals surface area contributed by atoms with Gasteiger partial charge >= 0.3 is 0 Å². The van der Waals surface area contributed by atoms with E-state index in [1.807, 2.05) is 11.9 Å². The second kappa shape index (κ2) is 8.30. The maximum Gasteiger partial charge on any atom is 0.211 e. The minimum Gasteiger partial charge on any atom is -0.379 e. The molecule has 1 atom stereocenters. The van der Waals surface area contributed by atoms with E-state index in [-0.39, 0.29) is 6.04 Å². The highest BCUT2D eigenvalue weighted by atomic mass is 32.2. The molecule has 0 aromatic heterocycles. The summed E-state index contributed by atoms with van der Waals surface area (Å²) in [6.45, 7) is 3.53. The number of nitrogens with zero attached hydrogens (tertiary/aromatic N) is 3. The van der Waals surface area contributed by atoms with Gasteiger partial charge in [0.2, 0.25) is 10.0 Å². The second-order valence-corrected chi connectivity index (χ2v) is 8.47. The molecule has 0 spiro atoms. The van der Waals surface area contributed by atoms with Crippen molar-refractivity contribution in [2.45, 2.75) is 31.7 Å². The topological polar surface area (TPSA) is 74.2 Å². The van der Waals surface area contributed by atoms with E-state index in [2.05, 4.69) is 10.3 Å². The fourth-order valence-electron chi connectivity index (χ4n) is 2.89. The molecule has 1 aliphatic heterocycles. The Morgan fingerprint density at radius 1 is 1.39 bits per heavy atom. The summed E-state index contributed by atoms with van der Waals surface area (Å²) in [5.74, 6) is 1.56. The van der Waals surface area contributed by atoms with E-state index >= 15 is 0 Å². The number of guanidine groups is 1. The molecule has 2 fully saturated rings. The van der Waals surface area contributed by atoms with E-state index in [0.29, 0.717) is 19.7 Å². The zero-order chi connectivity index (χ0) is 16.9. The Labute approximate surface area is 140 Å². The summed E-state index contributed by atoms with van der Waals surface area (Å²) in [6, 6.07) is 0.0151. The first-order chi connectivity index (χ1) is 10.9. The molecule has 1 saturated carbocycles. The highest BCUT2D eigenvalue weighted by molar-refractivity contribution is 7.88. The average molecular weight is 346 g/mol. The van der Waals surface area contributed by atoms with Gasteiger partial charge in [-0.05, 0) is 31.6 Å². The SMILES string of the molecule is CN=C(NC[C@H]1CCCN1S(C)(=O)=O)N(C)CCOCC1CC1. The average Bonchev–Trinajstić information content (AvgIpc) is 3.18. The molecule has 0 amide bonds. The van der Waals surface area contributed by atoms with Crippen LogP contribution in [-0.4, -0.2) is 82.8 Å². The van der Waals surface area contributed by atoms with E-state index in [1.165, 1.54) is 19.1 Å². The zero-order valence-corrected chi connectivity index (χ0v) is 15.3. The minimum absolute atomic E-state index is 0.0151. The summed E-state index contributed by atoms with van der Waals surface area (Å²) in [6.07, 6.45) is 5.70. The summed E-state index contributed by atoms with van der Waals surface area (Å²) in [7, 11) is 0.587. The van der Waals surface area contributed by atoms with Crippen LogP contribution in [0.1, 0.15) is 25.7 Å². The maximum atomic E-state index is 11.8. The summed E-state index contributed by atoms with van der Waals surface area (Å²) in [5, 5.41) is 3.29. The molecule has 8 heteroatoms. The molecule has 7 nitrogen and oxygen atoms in total. The molecule has 0 aromatic carbocycles. The number of aliphatic imine (C=N–C) groups is 1. The number of rotatable bonds is 8. The number of hydrogen-bond acceptors (Lipinski definition) is 4. The number of likely N-dealkylation sites (N-methyl/N-ethyl adjacent to an activating group) is 1. The van der Waals surface area contributed by atoms with Crippen molar-refractivity contribution in [3.63, 3.8) is 0 Å². The Kier molecular flexibility index (Phi) is 6.67. The molecule has 1 saturated heterocycles. The van der Waals surface area contributed by atoms with Crippen molar-refractivity contribution in [3.8, 4) is 0 Å². The van der Waals surface area contributed by atoms with Crippen LogP contribution < -0.4 is 5.32 Å². The molecule has 1 heterocycles. The molecule has 2 rings (SSSR count). The van der Waals surface area contributed by atoms with Gasteiger partial charge in [0.25, 0.3) is 0 Å². The molecule has 1 aliphatic carbocycles. The molecule has 2 aliphatic rings. The summed E-state index contributed by atoms with van der Waals surface area (Å²) >= 11 is 0. The third-order valence-electron chi connectivity index (χ3n) is 4.44. The molecular formula is C15H30N4O3S. The maximum absolute atomic E-state index is 11.8. The minimum atomic E-state index is -3.13. The number of sulfonamides is 1. The van der Waals surface area contributed by atoms with Crippen LogP contribution in [0.5, 0.6) is 0 Å². The van der Waals surface area contributed by atoms with Gasteiger partial charge in [-0.1, -0.05) is 0 Å². The number of nitrogens with one attached hydrogen (secondary N) is 1. The Balaban J connectivity index is 1.72. The highest BCUT2D eigenvalue weighted by Gasteiger charge is 2.31. The Hall–Kier alpha value is -0.860. The predicted octanol–water partition coefficient (Wildman–Crippen LogP) is 0.344. The molecule has 23 heavy (non-hydrogen) atoms. The molecule has 0 aromatic rings. The smallest absolute Gasteiger partial charge is 0.211 e. The van der Waals surface area contributed by atoms with Crippen molar-refractivity contribution in [1.29, 1.82) is 0 Å². The largest absolute Gasteiger partial charge is 0.379 e. The molecule has 1 N–H and O–H groups in total. The molecule has 0 unspecified atom stereocenters. The van der Waals surface area contributed by atoms with Crippen LogP contribution in [0.3, 0.4) is 0 Å². The molecule has 0 bridgehead atoms. The normalized spacial score (nSPS) is 23.3. The van der Waals surface area contributed by atoms with E-state index < -0.39 is 10.0 Å². The lowest BCUT2D eigenvalue weighted by atomic mass is 10.2. The first-order valence-electron chi connectivity index (χ1n) is 8.38. The van der Waals surface area contributed by atoms with Gasteiger partial charge < -0.3 is 15.0 Å². The highest BCUT2D eigenvalue weighted by Crippen LogP contribution is 2.28. The van der Waals surface area contributed by atoms with Gasteiger partial charge in [0.05, 0.1) is 12.9 Å². The monoisotopic (exact) mass is 346 g/mol. The summed E-state index contributed by atoms with van der Waals surface area (Å²) in [4.78, 5) is 6.29. The van der Waals surface area contributed by atoms with Crippen LogP contribution in [0.15, 0.2) is 4.99 Å². The first-order valence-corrected chi connectivity index (χ1v) is 10.2.